The van der Waals surface area contributed by atoms with Crippen molar-refractivity contribution in [2.24, 2.45) is 0 Å². The standard InChI is InChI=1S/C14H23ClN2O/c1-11(10-18)17(3)9-8-14(16-2)12-6-4-5-7-13(12)15/h4-7,11,14,16,18H,8-10H2,1-3H3. The lowest BCUT2D eigenvalue weighted by Gasteiger charge is -2.26. The highest BCUT2D eigenvalue weighted by Crippen LogP contribution is 2.24. The normalized spacial score (nSPS) is 14.8. The Kier molecular flexibility index (Phi) is 6.65. The van der Waals surface area contributed by atoms with Crippen LogP contribution in [0.25, 0.3) is 0 Å². The van der Waals surface area contributed by atoms with Crippen LogP contribution in [-0.2, 0) is 0 Å². The summed E-state index contributed by atoms with van der Waals surface area (Å²) in [4.78, 5) is 2.15. The monoisotopic (exact) mass is 270 g/mol. The minimum atomic E-state index is 0.187. The fraction of sp³-hybridized carbons (Fsp3) is 0.571. The van der Waals surface area contributed by atoms with E-state index in [0.717, 1.165) is 23.6 Å². The number of likely N-dealkylation sites (N-methyl/N-ethyl adjacent to an activating group) is 1. The topological polar surface area (TPSA) is 35.5 Å². The lowest BCUT2D eigenvalue weighted by atomic mass is 10.0. The summed E-state index contributed by atoms with van der Waals surface area (Å²) in [5.74, 6) is 0. The number of aliphatic hydroxyl groups excluding tert-OH is 1. The number of rotatable bonds is 7. The smallest absolute Gasteiger partial charge is 0.0584 e. The van der Waals surface area contributed by atoms with Crippen LogP contribution in [-0.4, -0.2) is 43.3 Å². The number of aliphatic hydroxyl groups is 1. The van der Waals surface area contributed by atoms with E-state index in [1.807, 2.05) is 39.2 Å². The highest BCUT2D eigenvalue weighted by atomic mass is 35.5. The van der Waals surface area contributed by atoms with Crippen molar-refractivity contribution in [2.45, 2.75) is 25.4 Å². The first-order valence-electron chi connectivity index (χ1n) is 6.33. The van der Waals surface area contributed by atoms with Crippen molar-refractivity contribution in [2.75, 3.05) is 27.2 Å². The molecule has 1 rings (SSSR count). The third-order valence-corrected chi connectivity index (χ3v) is 3.76. The molecule has 2 atom stereocenters. The van der Waals surface area contributed by atoms with Crippen LogP contribution in [0.2, 0.25) is 5.02 Å². The van der Waals surface area contributed by atoms with Gasteiger partial charge in [-0.05, 0) is 39.1 Å². The fourth-order valence-electron chi connectivity index (χ4n) is 1.91. The Morgan fingerprint density at radius 1 is 1.39 bits per heavy atom. The zero-order valence-electron chi connectivity index (χ0n) is 11.4. The van der Waals surface area contributed by atoms with Crippen molar-refractivity contribution in [3.8, 4) is 0 Å². The summed E-state index contributed by atoms with van der Waals surface area (Å²) in [6, 6.07) is 8.35. The van der Waals surface area contributed by atoms with E-state index in [9.17, 15) is 0 Å². The summed E-state index contributed by atoms with van der Waals surface area (Å²) < 4.78 is 0. The molecule has 4 heteroatoms. The largest absolute Gasteiger partial charge is 0.395 e. The zero-order valence-corrected chi connectivity index (χ0v) is 12.1. The van der Waals surface area contributed by atoms with Gasteiger partial charge in [-0.2, -0.15) is 0 Å². The van der Waals surface area contributed by atoms with Crippen molar-refractivity contribution in [1.29, 1.82) is 0 Å². The van der Waals surface area contributed by atoms with Gasteiger partial charge in [0, 0.05) is 23.7 Å². The Labute approximate surface area is 115 Å². The van der Waals surface area contributed by atoms with Crippen LogP contribution in [0.15, 0.2) is 24.3 Å². The van der Waals surface area contributed by atoms with Gasteiger partial charge in [-0.3, -0.25) is 0 Å². The van der Waals surface area contributed by atoms with Crippen LogP contribution in [0.1, 0.15) is 24.9 Å². The molecule has 3 nitrogen and oxygen atoms in total. The van der Waals surface area contributed by atoms with Crippen molar-refractivity contribution in [3.63, 3.8) is 0 Å². The summed E-state index contributed by atoms with van der Waals surface area (Å²) in [5, 5.41) is 13.2. The molecule has 18 heavy (non-hydrogen) atoms. The lowest BCUT2D eigenvalue weighted by Crippen LogP contribution is -2.34. The maximum Gasteiger partial charge on any atom is 0.0584 e. The van der Waals surface area contributed by atoms with Gasteiger partial charge in [0.05, 0.1) is 6.61 Å². The lowest BCUT2D eigenvalue weighted by molar-refractivity contribution is 0.154. The molecule has 0 fully saturated rings. The molecule has 1 aromatic rings. The third-order valence-electron chi connectivity index (χ3n) is 3.42. The molecule has 2 unspecified atom stereocenters. The SMILES string of the molecule is CNC(CCN(C)C(C)CO)c1ccccc1Cl. The van der Waals surface area contributed by atoms with Gasteiger partial charge in [0.1, 0.15) is 0 Å². The average molecular weight is 271 g/mol. The van der Waals surface area contributed by atoms with Crippen LogP contribution in [0, 0.1) is 0 Å². The third kappa shape index (κ3) is 4.25. The highest BCUT2D eigenvalue weighted by Gasteiger charge is 2.14. The van der Waals surface area contributed by atoms with Gasteiger partial charge in [-0.1, -0.05) is 29.8 Å². The van der Waals surface area contributed by atoms with Crippen LogP contribution in [0.5, 0.6) is 0 Å². The van der Waals surface area contributed by atoms with Crippen LogP contribution >= 0.6 is 11.6 Å². The van der Waals surface area contributed by atoms with Gasteiger partial charge in [0.2, 0.25) is 0 Å². The van der Waals surface area contributed by atoms with Gasteiger partial charge >= 0.3 is 0 Å². The molecular weight excluding hydrogens is 248 g/mol. The molecule has 0 heterocycles. The fourth-order valence-corrected chi connectivity index (χ4v) is 2.17. The molecule has 0 saturated heterocycles. The van der Waals surface area contributed by atoms with Crippen LogP contribution < -0.4 is 5.32 Å². The maximum absolute atomic E-state index is 9.11. The second kappa shape index (κ2) is 7.74. The van der Waals surface area contributed by atoms with Crippen molar-refractivity contribution < 1.29 is 5.11 Å². The van der Waals surface area contributed by atoms with E-state index in [0.29, 0.717) is 0 Å². The highest BCUT2D eigenvalue weighted by molar-refractivity contribution is 6.31. The van der Waals surface area contributed by atoms with Gasteiger partial charge in [-0.15, -0.1) is 0 Å². The molecule has 0 amide bonds. The predicted octanol–water partition coefficient (Wildman–Crippen LogP) is 2.30. The molecule has 0 radical (unpaired) electrons. The summed E-state index contributed by atoms with van der Waals surface area (Å²) >= 11 is 6.21. The maximum atomic E-state index is 9.11. The van der Waals surface area contributed by atoms with Crippen molar-refractivity contribution in [3.05, 3.63) is 34.9 Å². The second-order valence-corrected chi connectivity index (χ2v) is 5.07. The molecule has 0 spiro atoms. The van der Waals surface area contributed by atoms with E-state index in [2.05, 4.69) is 16.3 Å². The van der Waals surface area contributed by atoms with E-state index < -0.39 is 0 Å². The molecular formula is C14H23ClN2O. The second-order valence-electron chi connectivity index (χ2n) is 4.66. The summed E-state index contributed by atoms with van der Waals surface area (Å²) in [7, 11) is 3.98. The first-order chi connectivity index (χ1) is 8.60. The first-order valence-corrected chi connectivity index (χ1v) is 6.70. The number of nitrogens with zero attached hydrogens (tertiary/aromatic N) is 1. The molecule has 0 bridgehead atoms. The number of nitrogens with one attached hydrogen (secondary N) is 1. The average Bonchev–Trinajstić information content (AvgIpc) is 2.40. The Hall–Kier alpha value is -0.610. The van der Waals surface area contributed by atoms with E-state index in [4.69, 9.17) is 16.7 Å². The van der Waals surface area contributed by atoms with Crippen molar-refractivity contribution in [1.82, 2.24) is 10.2 Å². The summed E-state index contributed by atoms with van der Waals surface area (Å²) in [6.45, 7) is 3.12. The zero-order chi connectivity index (χ0) is 13.5. The predicted molar refractivity (Wildman–Crippen MR) is 77.0 cm³/mol. The van der Waals surface area contributed by atoms with Crippen LogP contribution in [0.3, 0.4) is 0 Å². The number of hydrogen-bond donors (Lipinski definition) is 2. The first kappa shape index (κ1) is 15.4. The molecule has 0 saturated carbocycles. The van der Waals surface area contributed by atoms with Gasteiger partial charge in [0.25, 0.3) is 0 Å². The minimum Gasteiger partial charge on any atom is -0.395 e. The summed E-state index contributed by atoms with van der Waals surface area (Å²) in [5.41, 5.74) is 1.13. The van der Waals surface area contributed by atoms with Gasteiger partial charge in [0.15, 0.2) is 0 Å². The number of hydrogen-bond acceptors (Lipinski definition) is 3. The molecule has 102 valence electrons. The molecule has 2 N–H and O–H groups in total. The molecule has 0 aliphatic carbocycles. The number of benzene rings is 1. The van der Waals surface area contributed by atoms with Gasteiger partial charge in [-0.25, -0.2) is 0 Å². The Morgan fingerprint density at radius 3 is 2.61 bits per heavy atom. The Bertz CT molecular complexity index is 359. The Balaban J connectivity index is 2.61. The van der Waals surface area contributed by atoms with E-state index in [1.54, 1.807) is 0 Å². The quantitative estimate of drug-likeness (QED) is 0.798. The van der Waals surface area contributed by atoms with Crippen LogP contribution in [0.4, 0.5) is 0 Å². The van der Waals surface area contributed by atoms with Crippen molar-refractivity contribution >= 4 is 11.6 Å². The van der Waals surface area contributed by atoms with E-state index in [1.165, 1.54) is 0 Å². The minimum absolute atomic E-state index is 0.187. The molecule has 0 aromatic heterocycles. The summed E-state index contributed by atoms with van der Waals surface area (Å²) in [6.07, 6.45) is 0.959. The van der Waals surface area contributed by atoms with Gasteiger partial charge < -0.3 is 15.3 Å². The molecule has 0 aliphatic rings. The molecule has 0 aliphatic heterocycles. The Morgan fingerprint density at radius 2 is 2.06 bits per heavy atom. The molecule has 1 aromatic carbocycles. The number of halogens is 1. The van der Waals surface area contributed by atoms with E-state index >= 15 is 0 Å². The van der Waals surface area contributed by atoms with E-state index in [-0.39, 0.29) is 18.7 Å².